The number of benzene rings is 3. The minimum Gasteiger partial charge on any atom is -0.484 e. The van der Waals surface area contributed by atoms with Crippen LogP contribution in [-0.2, 0) is 9.59 Å². The standard InChI is InChI=1S/C28H25BrN2O3S2/c1-17-12-22(29)13-18(2)26(17)30-25(32)16-34-23-11-7-8-20(14-23)15-24-27(33)31(28(35)36-24)19(3)21-9-5-4-6-10-21/h4-15,19H,16H2,1-3H3,(H,30,32)/b24-15-/t19-/m0/s1. The molecule has 1 fully saturated rings. The average Bonchev–Trinajstić information content (AvgIpc) is 3.12. The number of hydrogen-bond acceptors (Lipinski definition) is 5. The summed E-state index contributed by atoms with van der Waals surface area (Å²) in [6.45, 7) is 5.73. The molecule has 0 aliphatic carbocycles. The van der Waals surface area contributed by atoms with Gasteiger partial charge in [0.2, 0.25) is 0 Å². The Morgan fingerprint density at radius 1 is 1.11 bits per heavy atom. The molecular weight excluding hydrogens is 556 g/mol. The fraction of sp³-hybridized carbons (Fsp3) is 0.179. The highest BCUT2D eigenvalue weighted by Crippen LogP contribution is 2.38. The molecule has 0 radical (unpaired) electrons. The van der Waals surface area contributed by atoms with E-state index in [4.69, 9.17) is 17.0 Å². The number of anilines is 1. The normalized spacial score (nSPS) is 15.3. The molecule has 0 aromatic heterocycles. The molecule has 3 aromatic carbocycles. The smallest absolute Gasteiger partial charge is 0.266 e. The van der Waals surface area contributed by atoms with E-state index in [1.807, 2.05) is 75.4 Å². The number of halogens is 1. The molecule has 3 aromatic rings. The van der Waals surface area contributed by atoms with Crippen LogP contribution >= 0.6 is 39.9 Å². The number of aryl methyl sites for hydroxylation is 2. The fourth-order valence-electron chi connectivity index (χ4n) is 3.97. The third kappa shape index (κ3) is 6.06. The Bertz CT molecular complexity index is 1330. The first kappa shape index (κ1) is 26.1. The minimum atomic E-state index is -0.246. The zero-order chi connectivity index (χ0) is 25.8. The van der Waals surface area contributed by atoms with Crippen LogP contribution in [0.15, 0.2) is 76.1 Å². The summed E-state index contributed by atoms with van der Waals surface area (Å²) in [6, 6.07) is 20.9. The summed E-state index contributed by atoms with van der Waals surface area (Å²) in [4.78, 5) is 27.9. The van der Waals surface area contributed by atoms with Gasteiger partial charge in [0, 0.05) is 10.2 Å². The Labute approximate surface area is 229 Å². The fourth-order valence-corrected chi connectivity index (χ4v) is 6.08. The Hall–Kier alpha value is -2.94. The molecule has 1 N–H and O–H groups in total. The van der Waals surface area contributed by atoms with Crippen LogP contribution in [0, 0.1) is 13.8 Å². The zero-order valence-corrected chi connectivity index (χ0v) is 23.3. The maximum absolute atomic E-state index is 13.1. The van der Waals surface area contributed by atoms with Gasteiger partial charge in [0.15, 0.2) is 6.61 Å². The number of amides is 2. The first-order chi connectivity index (χ1) is 17.2. The molecule has 1 heterocycles. The van der Waals surface area contributed by atoms with Gasteiger partial charge in [-0.3, -0.25) is 14.5 Å². The quantitative estimate of drug-likeness (QED) is 0.240. The van der Waals surface area contributed by atoms with Crippen molar-refractivity contribution in [2.45, 2.75) is 26.8 Å². The Kier molecular flexibility index (Phi) is 8.28. The monoisotopic (exact) mass is 580 g/mol. The van der Waals surface area contributed by atoms with Crippen molar-refractivity contribution in [2.75, 3.05) is 11.9 Å². The summed E-state index contributed by atoms with van der Waals surface area (Å²) in [6.07, 6.45) is 1.80. The molecule has 5 nitrogen and oxygen atoms in total. The van der Waals surface area contributed by atoms with E-state index in [-0.39, 0.29) is 24.5 Å². The first-order valence-electron chi connectivity index (χ1n) is 11.3. The SMILES string of the molecule is Cc1cc(Br)cc(C)c1NC(=O)COc1cccc(/C=C2\SC(=S)N([C@@H](C)c3ccccc3)C2=O)c1. The van der Waals surface area contributed by atoms with Crippen molar-refractivity contribution < 1.29 is 14.3 Å². The van der Waals surface area contributed by atoms with Gasteiger partial charge in [-0.05, 0) is 73.4 Å². The van der Waals surface area contributed by atoms with Crippen molar-refractivity contribution in [1.29, 1.82) is 0 Å². The second-order valence-corrected chi connectivity index (χ2v) is 11.1. The number of hydrogen-bond donors (Lipinski definition) is 1. The van der Waals surface area contributed by atoms with E-state index in [1.165, 1.54) is 11.8 Å². The van der Waals surface area contributed by atoms with Crippen molar-refractivity contribution in [2.24, 2.45) is 0 Å². The van der Waals surface area contributed by atoms with Crippen molar-refractivity contribution in [3.63, 3.8) is 0 Å². The van der Waals surface area contributed by atoms with Crippen LogP contribution in [0.3, 0.4) is 0 Å². The van der Waals surface area contributed by atoms with Crippen LogP contribution in [0.4, 0.5) is 5.69 Å². The van der Waals surface area contributed by atoms with Crippen LogP contribution in [-0.4, -0.2) is 27.6 Å². The van der Waals surface area contributed by atoms with E-state index in [0.717, 1.165) is 32.4 Å². The van der Waals surface area contributed by atoms with Gasteiger partial charge in [-0.25, -0.2) is 0 Å². The summed E-state index contributed by atoms with van der Waals surface area (Å²) in [5.74, 6) is 0.174. The molecule has 1 saturated heterocycles. The number of thiocarbonyl (C=S) groups is 1. The molecule has 8 heteroatoms. The van der Waals surface area contributed by atoms with Crippen molar-refractivity contribution in [1.82, 2.24) is 4.90 Å². The van der Waals surface area contributed by atoms with E-state index in [9.17, 15) is 9.59 Å². The third-order valence-corrected chi connectivity index (χ3v) is 7.57. The number of nitrogens with zero attached hydrogens (tertiary/aromatic N) is 1. The van der Waals surface area contributed by atoms with Crippen LogP contribution in [0.1, 0.15) is 35.2 Å². The lowest BCUT2D eigenvalue weighted by molar-refractivity contribution is -0.123. The molecule has 1 aliphatic rings. The summed E-state index contributed by atoms with van der Waals surface area (Å²) in [5.41, 5.74) is 4.54. The molecule has 0 spiro atoms. The van der Waals surface area contributed by atoms with Gasteiger partial charge in [-0.2, -0.15) is 0 Å². The summed E-state index contributed by atoms with van der Waals surface area (Å²) < 4.78 is 7.24. The number of rotatable bonds is 7. The van der Waals surface area contributed by atoms with Crippen LogP contribution in [0.5, 0.6) is 5.75 Å². The third-order valence-electron chi connectivity index (χ3n) is 5.78. The lowest BCUT2D eigenvalue weighted by atomic mass is 10.1. The molecule has 1 atom stereocenters. The van der Waals surface area contributed by atoms with E-state index in [1.54, 1.807) is 23.1 Å². The van der Waals surface area contributed by atoms with Crippen molar-refractivity contribution in [3.05, 3.63) is 98.4 Å². The molecule has 184 valence electrons. The van der Waals surface area contributed by atoms with Gasteiger partial charge < -0.3 is 10.1 Å². The van der Waals surface area contributed by atoms with E-state index < -0.39 is 0 Å². The molecular formula is C28H25BrN2O3S2. The van der Waals surface area contributed by atoms with Gasteiger partial charge in [-0.15, -0.1) is 0 Å². The zero-order valence-electron chi connectivity index (χ0n) is 20.1. The molecule has 0 saturated carbocycles. The number of nitrogens with one attached hydrogen (secondary N) is 1. The first-order valence-corrected chi connectivity index (χ1v) is 13.4. The Morgan fingerprint density at radius 2 is 1.81 bits per heavy atom. The number of thioether (sulfide) groups is 1. The van der Waals surface area contributed by atoms with Crippen LogP contribution < -0.4 is 10.1 Å². The second kappa shape index (κ2) is 11.4. The minimum absolute atomic E-state index is 0.118. The Balaban J connectivity index is 1.42. The van der Waals surface area contributed by atoms with Gasteiger partial charge in [0.25, 0.3) is 11.8 Å². The van der Waals surface area contributed by atoms with Gasteiger partial charge in [0.1, 0.15) is 10.1 Å². The largest absolute Gasteiger partial charge is 0.484 e. The molecule has 0 unspecified atom stereocenters. The van der Waals surface area contributed by atoms with E-state index in [2.05, 4.69) is 21.2 Å². The van der Waals surface area contributed by atoms with Gasteiger partial charge in [0.05, 0.1) is 10.9 Å². The molecule has 4 rings (SSSR count). The van der Waals surface area contributed by atoms with Crippen LogP contribution in [0.2, 0.25) is 0 Å². The van der Waals surface area contributed by atoms with Gasteiger partial charge >= 0.3 is 0 Å². The maximum Gasteiger partial charge on any atom is 0.266 e. The lowest BCUT2D eigenvalue weighted by Crippen LogP contribution is -2.30. The molecule has 0 bridgehead atoms. The van der Waals surface area contributed by atoms with Crippen molar-refractivity contribution in [3.8, 4) is 5.75 Å². The average molecular weight is 582 g/mol. The predicted molar refractivity (Wildman–Crippen MR) is 154 cm³/mol. The highest BCUT2D eigenvalue weighted by molar-refractivity contribution is 9.10. The highest BCUT2D eigenvalue weighted by Gasteiger charge is 2.35. The summed E-state index contributed by atoms with van der Waals surface area (Å²) >= 11 is 10.3. The second-order valence-electron chi connectivity index (χ2n) is 8.46. The lowest BCUT2D eigenvalue weighted by Gasteiger charge is -2.23. The van der Waals surface area contributed by atoms with E-state index in [0.29, 0.717) is 15.0 Å². The van der Waals surface area contributed by atoms with Crippen LogP contribution in [0.25, 0.3) is 6.08 Å². The van der Waals surface area contributed by atoms with Crippen molar-refractivity contribution >= 4 is 67.8 Å². The number of ether oxygens (including phenoxy) is 1. The summed E-state index contributed by atoms with van der Waals surface area (Å²) in [5, 5.41) is 2.92. The topological polar surface area (TPSA) is 58.6 Å². The molecule has 1 aliphatic heterocycles. The number of carbonyl (C=O) groups excluding carboxylic acids is 2. The maximum atomic E-state index is 13.1. The number of carbonyl (C=O) groups is 2. The van der Waals surface area contributed by atoms with E-state index >= 15 is 0 Å². The molecule has 36 heavy (non-hydrogen) atoms. The molecule has 2 amide bonds. The summed E-state index contributed by atoms with van der Waals surface area (Å²) in [7, 11) is 0. The Morgan fingerprint density at radius 3 is 2.50 bits per heavy atom. The van der Waals surface area contributed by atoms with Gasteiger partial charge in [-0.1, -0.05) is 82.4 Å². The predicted octanol–water partition coefficient (Wildman–Crippen LogP) is 7.05. The highest BCUT2D eigenvalue weighted by atomic mass is 79.9.